The molecule has 0 spiro atoms. The number of nitrogens with one attached hydrogen (secondary N) is 1. The van der Waals surface area contributed by atoms with Crippen molar-refractivity contribution in [2.75, 3.05) is 6.61 Å². The summed E-state index contributed by atoms with van der Waals surface area (Å²) in [6.45, 7) is -0.115. The quantitative estimate of drug-likeness (QED) is 0.349. The molecule has 35 heavy (non-hydrogen) atoms. The molecule has 0 aliphatic carbocycles. The topological polar surface area (TPSA) is 145 Å². The van der Waals surface area contributed by atoms with Gasteiger partial charge < -0.3 is 18.1 Å². The van der Waals surface area contributed by atoms with Crippen molar-refractivity contribution < 1.29 is 26.0 Å². The van der Waals surface area contributed by atoms with Gasteiger partial charge in [0.05, 0.1) is 22.6 Å². The van der Waals surface area contributed by atoms with Crippen LogP contribution in [0.4, 0.5) is 3.89 Å². The molecular weight excluding hydrogens is 507 g/mol. The number of rotatable bonds is 8. The van der Waals surface area contributed by atoms with E-state index < -0.39 is 21.8 Å². The van der Waals surface area contributed by atoms with E-state index in [9.17, 15) is 27.2 Å². The fourth-order valence-electron chi connectivity index (χ4n) is 3.14. The van der Waals surface area contributed by atoms with Gasteiger partial charge in [-0.1, -0.05) is 15.5 Å². The fraction of sp³-hybridized carbons (Fsp3) is 0.0952. The molecule has 3 aromatic heterocycles. The van der Waals surface area contributed by atoms with Crippen LogP contribution in [0.25, 0.3) is 5.52 Å². The predicted octanol–water partition coefficient (Wildman–Crippen LogP) is 2.78. The minimum atomic E-state index is -5.30. The van der Waals surface area contributed by atoms with Crippen LogP contribution in [0.1, 0.15) is 5.56 Å². The van der Waals surface area contributed by atoms with Crippen LogP contribution in [0.15, 0.2) is 64.6 Å². The highest BCUT2D eigenvalue weighted by atomic mass is 35.5. The second-order valence-electron chi connectivity index (χ2n) is 6.99. The van der Waals surface area contributed by atoms with Gasteiger partial charge in [-0.05, 0) is 18.2 Å². The van der Waals surface area contributed by atoms with Gasteiger partial charge in [0.2, 0.25) is 0 Å². The third kappa shape index (κ3) is 5.81. The first kappa shape index (κ1) is 23.9. The number of nitrogens with zero attached hydrogens (tertiary/aromatic N) is 3. The van der Waals surface area contributed by atoms with Crippen LogP contribution in [-0.2, 0) is 17.0 Å². The maximum absolute atomic E-state index is 13.0. The maximum atomic E-state index is 13.0. The number of halogens is 2. The monoisotopic (exact) mass is 520 g/mol. The Kier molecular flexibility index (Phi) is 6.50. The first-order valence-corrected chi connectivity index (χ1v) is 11.4. The van der Waals surface area contributed by atoms with Crippen molar-refractivity contribution in [1.82, 2.24) is 14.0 Å². The third-order valence-corrected chi connectivity index (χ3v) is 5.18. The van der Waals surface area contributed by atoms with Gasteiger partial charge in [-0.2, -0.15) is 13.7 Å². The molecule has 14 heteroatoms. The normalized spacial score (nSPS) is 11.2. The van der Waals surface area contributed by atoms with E-state index in [0.29, 0.717) is 16.1 Å². The van der Waals surface area contributed by atoms with Crippen molar-refractivity contribution in [3.63, 3.8) is 0 Å². The number of ether oxygens (including phenoxy) is 2. The molecule has 0 radical (unpaired) electrons. The molecular formula is C21H14ClFN4O7S. The van der Waals surface area contributed by atoms with Crippen LogP contribution in [0.5, 0.6) is 23.0 Å². The van der Waals surface area contributed by atoms with Gasteiger partial charge in [0.1, 0.15) is 18.4 Å². The molecule has 0 amide bonds. The van der Waals surface area contributed by atoms with Crippen LogP contribution >= 0.6 is 11.6 Å². The lowest BCUT2D eigenvalue weighted by molar-refractivity contribution is 0.282. The van der Waals surface area contributed by atoms with Crippen LogP contribution in [0.2, 0.25) is 5.02 Å². The number of hydrogen-bond acceptors (Lipinski definition) is 8. The Hall–Kier alpha value is -4.28. The van der Waals surface area contributed by atoms with Gasteiger partial charge in [-0.3, -0.25) is 14.3 Å². The van der Waals surface area contributed by atoms with E-state index >= 15 is 0 Å². The Labute approximate surface area is 201 Å². The van der Waals surface area contributed by atoms with Crippen LogP contribution in [-0.4, -0.2) is 29.0 Å². The Balaban J connectivity index is 1.66. The molecule has 4 rings (SSSR count). The molecule has 0 atom stereocenters. The van der Waals surface area contributed by atoms with Gasteiger partial charge in [-0.15, -0.1) is 0 Å². The van der Waals surface area contributed by atoms with E-state index in [4.69, 9.17) is 21.1 Å². The zero-order chi connectivity index (χ0) is 25.2. The lowest BCUT2D eigenvalue weighted by Crippen LogP contribution is -2.30. The number of H-pyrrole nitrogens is 1. The Bertz CT molecular complexity index is 1690. The Morgan fingerprint density at radius 1 is 1.09 bits per heavy atom. The van der Waals surface area contributed by atoms with Crippen LogP contribution in [0.3, 0.4) is 0 Å². The summed E-state index contributed by atoms with van der Waals surface area (Å²) in [7, 11) is -5.30. The summed E-state index contributed by atoms with van der Waals surface area (Å²) >= 11 is 6.16. The molecule has 11 nitrogen and oxygen atoms in total. The lowest BCUT2D eigenvalue weighted by Gasteiger charge is -2.15. The number of nitriles is 1. The van der Waals surface area contributed by atoms with Crippen molar-refractivity contribution in [3.8, 4) is 29.1 Å². The molecule has 3 heterocycles. The molecule has 0 aliphatic rings. The Morgan fingerprint density at radius 2 is 1.89 bits per heavy atom. The molecule has 0 saturated heterocycles. The number of aromatic amines is 1. The largest absolute Gasteiger partial charge is 0.488 e. The molecule has 0 unspecified atom stereocenters. The molecule has 0 bridgehead atoms. The van der Waals surface area contributed by atoms with Crippen molar-refractivity contribution in [2.45, 2.75) is 6.54 Å². The number of hydrogen-bond donors (Lipinski definition) is 1. The van der Waals surface area contributed by atoms with Gasteiger partial charge in [0, 0.05) is 36.8 Å². The highest BCUT2D eigenvalue weighted by Crippen LogP contribution is 2.38. The van der Waals surface area contributed by atoms with Crippen molar-refractivity contribution in [1.29, 1.82) is 5.26 Å². The van der Waals surface area contributed by atoms with Gasteiger partial charge in [0.15, 0.2) is 17.2 Å². The minimum Gasteiger partial charge on any atom is -0.488 e. The van der Waals surface area contributed by atoms with Gasteiger partial charge >= 0.3 is 16.2 Å². The Morgan fingerprint density at radius 3 is 2.60 bits per heavy atom. The minimum absolute atomic E-state index is 0.00713. The van der Waals surface area contributed by atoms with E-state index in [1.165, 1.54) is 22.9 Å². The highest BCUT2D eigenvalue weighted by molar-refractivity contribution is 7.81. The summed E-state index contributed by atoms with van der Waals surface area (Å²) in [6, 6.07) is 9.76. The lowest BCUT2D eigenvalue weighted by atomic mass is 10.3. The van der Waals surface area contributed by atoms with Gasteiger partial charge in [-0.25, -0.2) is 4.79 Å². The van der Waals surface area contributed by atoms with Crippen LogP contribution < -0.4 is 24.9 Å². The summed E-state index contributed by atoms with van der Waals surface area (Å²) in [4.78, 5) is 25.2. The second-order valence-corrected chi connectivity index (χ2v) is 8.38. The molecule has 1 aromatic carbocycles. The summed E-state index contributed by atoms with van der Waals surface area (Å²) in [5, 5.41) is 9.49. The van der Waals surface area contributed by atoms with E-state index in [1.54, 1.807) is 22.9 Å². The van der Waals surface area contributed by atoms with E-state index in [1.807, 2.05) is 6.07 Å². The van der Waals surface area contributed by atoms with Crippen LogP contribution in [0, 0.1) is 11.3 Å². The number of benzene rings is 1. The second kappa shape index (κ2) is 9.53. The van der Waals surface area contributed by atoms with Gasteiger partial charge in [0.25, 0.3) is 5.56 Å². The SMILES string of the molecule is N#Cc1cc2c(Oc3ccc(OS(=O)(=O)F)cc3OCCn3ccc(=O)[nH]c3=O)cc(Cl)cn2c1. The highest BCUT2D eigenvalue weighted by Gasteiger charge is 2.16. The first-order chi connectivity index (χ1) is 16.6. The smallest absolute Gasteiger partial charge is 0.488 e. The van der Waals surface area contributed by atoms with E-state index in [2.05, 4.69) is 9.17 Å². The number of fused-ring (bicyclic) bond motifs is 1. The number of pyridine rings is 1. The first-order valence-electron chi connectivity index (χ1n) is 9.71. The average molecular weight is 521 g/mol. The fourth-order valence-corrected chi connectivity index (χ4v) is 3.68. The summed E-state index contributed by atoms with van der Waals surface area (Å²) in [5.74, 6) is -0.116. The van der Waals surface area contributed by atoms with Crippen molar-refractivity contribution in [3.05, 3.63) is 86.4 Å². The van der Waals surface area contributed by atoms with Crippen molar-refractivity contribution in [2.24, 2.45) is 0 Å². The average Bonchev–Trinajstić information content (AvgIpc) is 3.19. The molecule has 0 fully saturated rings. The summed E-state index contributed by atoms with van der Waals surface area (Å²) < 4.78 is 53.4. The molecule has 0 aliphatic heterocycles. The number of aromatic nitrogens is 3. The standard InChI is InChI=1S/C21H14ClFN4O7S/c22-14-8-18(16-7-13(10-24)11-27(16)12-14)33-17-2-1-15(34-35(23,30)31)9-19(17)32-6-5-26-4-3-20(28)25-21(26)29/h1-4,7-9,11-12H,5-6H2,(H,25,28,29). The summed E-state index contributed by atoms with van der Waals surface area (Å²) in [5.41, 5.74) is -0.348. The molecule has 180 valence electrons. The zero-order valence-electron chi connectivity index (χ0n) is 17.5. The molecule has 4 aromatic rings. The van der Waals surface area contributed by atoms with E-state index in [0.717, 1.165) is 18.2 Å². The summed E-state index contributed by atoms with van der Waals surface area (Å²) in [6.07, 6.45) is 4.41. The van der Waals surface area contributed by atoms with E-state index in [-0.39, 0.29) is 36.1 Å². The molecule has 1 N–H and O–H groups in total. The molecule has 0 saturated carbocycles. The maximum Gasteiger partial charge on any atom is 0.488 e. The predicted molar refractivity (Wildman–Crippen MR) is 121 cm³/mol. The van der Waals surface area contributed by atoms with Crippen molar-refractivity contribution >= 4 is 27.6 Å². The zero-order valence-corrected chi connectivity index (χ0v) is 19.0. The third-order valence-electron chi connectivity index (χ3n) is 4.58.